The van der Waals surface area contributed by atoms with Gasteiger partial charge in [0.25, 0.3) is 5.88 Å². The highest BCUT2D eigenvalue weighted by Crippen LogP contribution is 2.50. The standard InChI is InChI=1S/C33H35ClF2N2O8/c1-32(2,3)46-31(41)38-18-33(19-9-5-4-6-10-19)16-20-23(45-33)15-22(35)27(34)25(20)26-21(30(39)40)17-37-29(28(26)36)44-14-13-43-24-11-7-8-12-42-24/h4-6,9-10,15,17,24H,7-8,11-14,16,18H2,1-3H3,(H,38,41)(H,39,40)/t24-,33+/m0/s1. The number of nitrogens with one attached hydrogen (secondary N) is 1. The lowest BCUT2D eigenvalue weighted by Gasteiger charge is -2.30. The Morgan fingerprint density at radius 3 is 2.59 bits per heavy atom. The number of pyridine rings is 1. The van der Waals surface area contributed by atoms with Gasteiger partial charge in [0.2, 0.25) is 0 Å². The summed E-state index contributed by atoms with van der Waals surface area (Å²) < 4.78 is 60.1. The van der Waals surface area contributed by atoms with E-state index in [1.54, 1.807) is 51.1 Å². The molecule has 0 aliphatic carbocycles. The molecule has 0 bridgehead atoms. The SMILES string of the molecule is CC(C)(C)OC(=O)NC[C@@]1(c2ccccc2)Cc2c(cc(F)c(Cl)c2-c2c(C(=O)O)cnc(OCCO[C@H]3CCCCO3)c2F)O1. The molecule has 3 aromatic rings. The molecule has 2 atom stereocenters. The molecule has 13 heteroatoms. The molecule has 46 heavy (non-hydrogen) atoms. The third-order valence-electron chi connectivity index (χ3n) is 7.50. The molecular formula is C33H35ClF2N2O8. The molecule has 1 aromatic heterocycles. The van der Waals surface area contributed by atoms with Crippen molar-refractivity contribution in [3.05, 3.63) is 75.9 Å². The number of carboxylic acid groups (broad SMARTS) is 1. The van der Waals surface area contributed by atoms with Gasteiger partial charge in [0.1, 0.15) is 23.8 Å². The van der Waals surface area contributed by atoms with Gasteiger partial charge in [-0.2, -0.15) is 0 Å². The van der Waals surface area contributed by atoms with Crippen molar-refractivity contribution in [1.29, 1.82) is 0 Å². The third-order valence-corrected chi connectivity index (χ3v) is 7.87. The molecule has 0 spiro atoms. The maximum Gasteiger partial charge on any atom is 0.407 e. The lowest BCUT2D eigenvalue weighted by atomic mass is 9.85. The molecule has 1 amide bonds. The second-order valence-electron chi connectivity index (χ2n) is 12.0. The minimum atomic E-state index is -1.51. The molecule has 246 valence electrons. The largest absolute Gasteiger partial charge is 0.480 e. The number of ether oxygens (including phenoxy) is 5. The summed E-state index contributed by atoms with van der Waals surface area (Å²) in [5.41, 5.74) is -2.52. The summed E-state index contributed by atoms with van der Waals surface area (Å²) in [7, 11) is 0. The van der Waals surface area contributed by atoms with Gasteiger partial charge in [-0.05, 0) is 45.6 Å². The van der Waals surface area contributed by atoms with E-state index in [1.807, 2.05) is 0 Å². The summed E-state index contributed by atoms with van der Waals surface area (Å²) in [5, 5.41) is 12.2. The van der Waals surface area contributed by atoms with Crippen LogP contribution >= 0.6 is 11.6 Å². The van der Waals surface area contributed by atoms with Crippen LogP contribution in [0.4, 0.5) is 13.6 Å². The number of benzene rings is 2. The molecule has 1 saturated heterocycles. The van der Waals surface area contributed by atoms with Crippen LogP contribution < -0.4 is 14.8 Å². The zero-order chi connectivity index (χ0) is 33.1. The normalized spacial score (nSPS) is 19.2. The molecule has 2 N–H and O–H groups in total. The van der Waals surface area contributed by atoms with Crippen molar-refractivity contribution in [2.24, 2.45) is 0 Å². The van der Waals surface area contributed by atoms with Gasteiger partial charge in [-0.3, -0.25) is 0 Å². The Hall–Kier alpha value is -4.00. The molecule has 0 unspecified atom stereocenters. The van der Waals surface area contributed by atoms with Crippen molar-refractivity contribution in [2.45, 2.75) is 63.9 Å². The Kier molecular flexibility index (Phi) is 9.99. The Morgan fingerprint density at radius 1 is 1.15 bits per heavy atom. The van der Waals surface area contributed by atoms with Crippen molar-refractivity contribution >= 4 is 23.7 Å². The topological polar surface area (TPSA) is 125 Å². The summed E-state index contributed by atoms with van der Waals surface area (Å²) in [6.45, 7) is 5.58. The molecular weight excluding hydrogens is 626 g/mol. The fraction of sp³-hybridized carbons (Fsp3) is 0.424. The Bertz CT molecular complexity index is 1590. The maximum absolute atomic E-state index is 16.3. The van der Waals surface area contributed by atoms with Crippen LogP contribution in [0.3, 0.4) is 0 Å². The van der Waals surface area contributed by atoms with E-state index in [1.165, 1.54) is 0 Å². The van der Waals surface area contributed by atoms with E-state index in [2.05, 4.69) is 10.3 Å². The van der Waals surface area contributed by atoms with Crippen molar-refractivity contribution in [1.82, 2.24) is 10.3 Å². The number of amides is 1. The van der Waals surface area contributed by atoms with Crippen LogP contribution in [0.2, 0.25) is 5.02 Å². The van der Waals surface area contributed by atoms with Crippen LogP contribution in [0.1, 0.15) is 61.5 Å². The molecule has 0 radical (unpaired) electrons. The average Bonchev–Trinajstić information content (AvgIpc) is 3.39. The number of halogens is 3. The fourth-order valence-electron chi connectivity index (χ4n) is 5.47. The van der Waals surface area contributed by atoms with Crippen LogP contribution in [-0.4, -0.2) is 60.4 Å². The van der Waals surface area contributed by atoms with Crippen molar-refractivity contribution in [2.75, 3.05) is 26.4 Å². The van der Waals surface area contributed by atoms with Crippen LogP contribution in [0.25, 0.3) is 11.1 Å². The van der Waals surface area contributed by atoms with Gasteiger partial charge in [-0.1, -0.05) is 41.9 Å². The van der Waals surface area contributed by atoms with E-state index < -0.39 is 56.9 Å². The zero-order valence-electron chi connectivity index (χ0n) is 25.7. The predicted octanol–water partition coefficient (Wildman–Crippen LogP) is 6.66. The minimum Gasteiger partial charge on any atom is -0.480 e. The van der Waals surface area contributed by atoms with Crippen LogP contribution in [-0.2, 0) is 26.2 Å². The highest BCUT2D eigenvalue weighted by Gasteiger charge is 2.45. The quantitative estimate of drug-likeness (QED) is 0.230. The molecule has 2 aromatic carbocycles. The average molecular weight is 661 g/mol. The number of nitrogens with zero attached hydrogens (tertiary/aromatic N) is 1. The highest BCUT2D eigenvalue weighted by atomic mass is 35.5. The van der Waals surface area contributed by atoms with E-state index in [0.717, 1.165) is 31.5 Å². The van der Waals surface area contributed by atoms with E-state index in [9.17, 15) is 14.7 Å². The Morgan fingerprint density at radius 2 is 1.91 bits per heavy atom. The molecule has 3 heterocycles. The number of carbonyl (C=O) groups excluding carboxylic acids is 1. The first-order valence-electron chi connectivity index (χ1n) is 14.9. The molecule has 10 nitrogen and oxygen atoms in total. The van der Waals surface area contributed by atoms with E-state index in [4.69, 9.17) is 35.3 Å². The fourth-order valence-corrected chi connectivity index (χ4v) is 5.73. The van der Waals surface area contributed by atoms with E-state index in [-0.39, 0.29) is 49.3 Å². The van der Waals surface area contributed by atoms with Gasteiger partial charge < -0.3 is 34.1 Å². The molecule has 0 saturated carbocycles. The summed E-state index contributed by atoms with van der Waals surface area (Å²) in [5.74, 6) is -4.13. The zero-order valence-corrected chi connectivity index (χ0v) is 26.4. The molecule has 2 aliphatic rings. The van der Waals surface area contributed by atoms with Gasteiger partial charge in [0, 0.05) is 42.0 Å². The van der Waals surface area contributed by atoms with E-state index in [0.29, 0.717) is 12.2 Å². The molecule has 1 fully saturated rings. The number of carbonyl (C=O) groups is 2. The summed E-state index contributed by atoms with van der Waals surface area (Å²) >= 11 is 6.49. The number of aromatic carboxylic acids is 1. The predicted molar refractivity (Wildman–Crippen MR) is 163 cm³/mol. The maximum atomic E-state index is 16.3. The third kappa shape index (κ3) is 7.35. The summed E-state index contributed by atoms with van der Waals surface area (Å²) in [6.07, 6.45) is 2.45. The first kappa shape index (κ1) is 33.4. The van der Waals surface area contributed by atoms with Gasteiger partial charge in [0.05, 0.1) is 23.7 Å². The Labute approximate surface area is 269 Å². The number of rotatable bonds is 10. The first-order valence-corrected chi connectivity index (χ1v) is 15.3. The van der Waals surface area contributed by atoms with Crippen molar-refractivity contribution < 1.29 is 47.2 Å². The van der Waals surface area contributed by atoms with Crippen LogP contribution in [0.15, 0.2) is 42.6 Å². The minimum absolute atomic E-state index is 0.00245. The van der Waals surface area contributed by atoms with Gasteiger partial charge in [-0.25, -0.2) is 23.4 Å². The number of carboxylic acids is 1. The van der Waals surface area contributed by atoms with Crippen LogP contribution in [0.5, 0.6) is 11.6 Å². The lowest BCUT2D eigenvalue weighted by molar-refractivity contribution is -0.165. The van der Waals surface area contributed by atoms with Crippen LogP contribution in [0, 0.1) is 11.6 Å². The van der Waals surface area contributed by atoms with Gasteiger partial charge in [-0.15, -0.1) is 0 Å². The number of aromatic nitrogens is 1. The lowest BCUT2D eigenvalue weighted by Crippen LogP contribution is -2.45. The van der Waals surface area contributed by atoms with Gasteiger partial charge in [0.15, 0.2) is 17.7 Å². The van der Waals surface area contributed by atoms with Crippen molar-refractivity contribution in [3.8, 4) is 22.8 Å². The number of fused-ring (bicyclic) bond motifs is 1. The second kappa shape index (κ2) is 13.8. The first-order chi connectivity index (χ1) is 21.9. The van der Waals surface area contributed by atoms with E-state index >= 15 is 8.78 Å². The molecule has 2 aliphatic heterocycles. The molecule has 5 rings (SSSR count). The smallest absolute Gasteiger partial charge is 0.407 e. The summed E-state index contributed by atoms with van der Waals surface area (Å²) in [4.78, 5) is 28.8. The summed E-state index contributed by atoms with van der Waals surface area (Å²) in [6, 6.07) is 9.92. The number of hydrogen-bond acceptors (Lipinski definition) is 8. The monoisotopic (exact) mass is 660 g/mol. The number of alkyl carbamates (subject to hydrolysis) is 1. The number of hydrogen-bond donors (Lipinski definition) is 2. The second-order valence-corrected chi connectivity index (χ2v) is 12.4. The van der Waals surface area contributed by atoms with Crippen molar-refractivity contribution in [3.63, 3.8) is 0 Å². The highest BCUT2D eigenvalue weighted by molar-refractivity contribution is 6.34. The van der Waals surface area contributed by atoms with Gasteiger partial charge >= 0.3 is 12.1 Å². The Balaban J connectivity index is 1.51.